The fraction of sp³-hybridized carbons (Fsp3) is 0.348. The third-order valence-electron chi connectivity index (χ3n) is 5.47. The van der Waals surface area contributed by atoms with Crippen molar-refractivity contribution in [1.82, 2.24) is 15.3 Å². The van der Waals surface area contributed by atoms with Crippen LogP contribution in [0, 0.1) is 0 Å². The zero-order valence-electron chi connectivity index (χ0n) is 17.4. The molecule has 1 N–H and O–H groups in total. The standard InChI is InChI=1S/C23H27N5O2/c1-24-11-10-21(17-6-3-4-7-17)30-19-9-5-8-18(14-19)28-13-12-27(2)22-20(23(28)29)15-25-16-26-22/h3-6,8-9,14-16,21,24H,7,10-13H2,1-2H3. The van der Waals surface area contributed by atoms with E-state index in [-0.39, 0.29) is 12.0 Å². The van der Waals surface area contributed by atoms with Crippen LogP contribution >= 0.6 is 0 Å². The number of allylic oxidation sites excluding steroid dienone is 3. The van der Waals surface area contributed by atoms with E-state index in [4.69, 9.17) is 4.74 Å². The Morgan fingerprint density at radius 2 is 2.20 bits per heavy atom. The average molecular weight is 406 g/mol. The van der Waals surface area contributed by atoms with Crippen molar-refractivity contribution < 1.29 is 9.53 Å². The highest BCUT2D eigenvalue weighted by molar-refractivity contribution is 6.09. The molecule has 7 heteroatoms. The minimum atomic E-state index is -0.0958. The van der Waals surface area contributed by atoms with E-state index in [1.807, 2.05) is 43.3 Å². The number of hydrogen-bond donors (Lipinski definition) is 1. The zero-order chi connectivity index (χ0) is 20.9. The summed E-state index contributed by atoms with van der Waals surface area (Å²) < 4.78 is 6.37. The summed E-state index contributed by atoms with van der Waals surface area (Å²) in [5.41, 5.74) is 2.60. The molecule has 0 saturated heterocycles. The van der Waals surface area contributed by atoms with Crippen LogP contribution in [0.2, 0.25) is 0 Å². The van der Waals surface area contributed by atoms with E-state index < -0.39 is 0 Å². The van der Waals surface area contributed by atoms with Gasteiger partial charge in [-0.3, -0.25) is 4.79 Å². The molecule has 0 radical (unpaired) electrons. The van der Waals surface area contributed by atoms with E-state index in [1.165, 1.54) is 11.9 Å². The minimum Gasteiger partial charge on any atom is -0.486 e. The molecule has 0 bridgehead atoms. The molecular formula is C23H27N5O2. The summed E-state index contributed by atoms with van der Waals surface area (Å²) in [6.45, 7) is 2.12. The highest BCUT2D eigenvalue weighted by Gasteiger charge is 2.27. The van der Waals surface area contributed by atoms with Gasteiger partial charge < -0.3 is 19.9 Å². The molecule has 156 valence electrons. The molecule has 1 aromatic heterocycles. The highest BCUT2D eigenvalue weighted by Crippen LogP contribution is 2.29. The van der Waals surface area contributed by atoms with Crippen LogP contribution in [0.25, 0.3) is 0 Å². The van der Waals surface area contributed by atoms with Crippen LogP contribution < -0.4 is 19.9 Å². The molecule has 1 atom stereocenters. The van der Waals surface area contributed by atoms with E-state index in [0.717, 1.165) is 30.8 Å². The van der Waals surface area contributed by atoms with Crippen molar-refractivity contribution in [1.29, 1.82) is 0 Å². The molecule has 1 amide bonds. The van der Waals surface area contributed by atoms with Gasteiger partial charge in [0.15, 0.2) is 0 Å². The lowest BCUT2D eigenvalue weighted by molar-refractivity contribution is 0.0989. The van der Waals surface area contributed by atoms with E-state index in [1.54, 1.807) is 11.1 Å². The molecular weight excluding hydrogens is 378 g/mol. The third-order valence-corrected chi connectivity index (χ3v) is 5.47. The van der Waals surface area contributed by atoms with Gasteiger partial charge in [0, 0.05) is 44.5 Å². The second-order valence-electron chi connectivity index (χ2n) is 7.51. The first kappa shape index (κ1) is 20.1. The van der Waals surface area contributed by atoms with Crippen LogP contribution in [0.15, 0.2) is 60.6 Å². The van der Waals surface area contributed by atoms with Gasteiger partial charge in [-0.2, -0.15) is 0 Å². The molecule has 1 unspecified atom stereocenters. The Hall–Kier alpha value is -3.19. The van der Waals surface area contributed by atoms with Crippen LogP contribution in [0.5, 0.6) is 5.75 Å². The van der Waals surface area contributed by atoms with E-state index >= 15 is 0 Å². The van der Waals surface area contributed by atoms with Crippen molar-refractivity contribution in [3.63, 3.8) is 0 Å². The van der Waals surface area contributed by atoms with Gasteiger partial charge in [-0.25, -0.2) is 9.97 Å². The number of aromatic nitrogens is 2. The number of ether oxygens (including phenoxy) is 1. The molecule has 7 nitrogen and oxygen atoms in total. The van der Waals surface area contributed by atoms with Gasteiger partial charge in [-0.1, -0.05) is 24.3 Å². The molecule has 1 aromatic carbocycles. The number of rotatable bonds is 7. The Bertz CT molecular complexity index is 972. The van der Waals surface area contributed by atoms with Crippen molar-refractivity contribution in [2.45, 2.75) is 18.9 Å². The normalized spacial score (nSPS) is 16.9. The van der Waals surface area contributed by atoms with Gasteiger partial charge in [-0.15, -0.1) is 0 Å². The number of fused-ring (bicyclic) bond motifs is 1. The summed E-state index contributed by atoms with van der Waals surface area (Å²) in [5, 5.41) is 3.20. The summed E-state index contributed by atoms with van der Waals surface area (Å²) in [6.07, 6.45) is 11.2. The fourth-order valence-electron chi connectivity index (χ4n) is 3.81. The average Bonchev–Trinajstić information content (AvgIpc) is 3.27. The molecule has 0 spiro atoms. The lowest BCUT2D eigenvalue weighted by Gasteiger charge is -2.24. The van der Waals surface area contributed by atoms with Gasteiger partial charge in [0.1, 0.15) is 29.6 Å². The minimum absolute atomic E-state index is 0.00259. The summed E-state index contributed by atoms with van der Waals surface area (Å²) in [5.74, 6) is 1.33. The van der Waals surface area contributed by atoms with Crippen LogP contribution in [0.3, 0.4) is 0 Å². The first-order valence-corrected chi connectivity index (χ1v) is 10.3. The summed E-state index contributed by atoms with van der Waals surface area (Å²) in [4.78, 5) is 25.3. The molecule has 0 saturated carbocycles. The lowest BCUT2D eigenvalue weighted by Crippen LogP contribution is -2.33. The fourth-order valence-corrected chi connectivity index (χ4v) is 3.81. The number of likely N-dealkylation sites (N-methyl/N-ethyl adjacent to an activating group) is 1. The Labute approximate surface area is 177 Å². The second kappa shape index (κ2) is 9.09. The monoisotopic (exact) mass is 405 g/mol. The highest BCUT2D eigenvalue weighted by atomic mass is 16.5. The number of nitrogens with one attached hydrogen (secondary N) is 1. The topological polar surface area (TPSA) is 70.6 Å². The van der Waals surface area contributed by atoms with Crippen molar-refractivity contribution in [2.24, 2.45) is 0 Å². The maximum Gasteiger partial charge on any atom is 0.263 e. The smallest absolute Gasteiger partial charge is 0.263 e. The van der Waals surface area contributed by atoms with Crippen molar-refractivity contribution >= 4 is 17.4 Å². The van der Waals surface area contributed by atoms with Crippen LogP contribution in [0.4, 0.5) is 11.5 Å². The quantitative estimate of drug-likeness (QED) is 0.764. The van der Waals surface area contributed by atoms with Crippen molar-refractivity contribution in [3.8, 4) is 5.75 Å². The largest absolute Gasteiger partial charge is 0.486 e. The molecule has 1 aliphatic heterocycles. The number of carbonyl (C=O) groups is 1. The molecule has 4 rings (SSSR count). The first-order chi connectivity index (χ1) is 14.7. The predicted octanol–water partition coefficient (Wildman–Crippen LogP) is 2.82. The second-order valence-corrected chi connectivity index (χ2v) is 7.51. The van der Waals surface area contributed by atoms with E-state index in [2.05, 4.69) is 33.5 Å². The van der Waals surface area contributed by atoms with Crippen molar-refractivity contribution in [2.75, 3.05) is 43.5 Å². The third kappa shape index (κ3) is 4.21. The SMILES string of the molecule is CNCCC(Oc1cccc(N2CCN(C)c3ncncc3C2=O)c1)C1=CC=CC1. The van der Waals surface area contributed by atoms with Gasteiger partial charge in [0.25, 0.3) is 5.91 Å². The Morgan fingerprint density at radius 1 is 1.30 bits per heavy atom. The number of carbonyl (C=O) groups excluding carboxylic acids is 1. The molecule has 2 aromatic rings. The van der Waals surface area contributed by atoms with Crippen LogP contribution in [-0.2, 0) is 0 Å². The maximum atomic E-state index is 13.2. The molecule has 0 fully saturated rings. The number of anilines is 2. The Balaban J connectivity index is 1.57. The zero-order valence-corrected chi connectivity index (χ0v) is 17.4. The summed E-state index contributed by atoms with van der Waals surface area (Å²) >= 11 is 0. The van der Waals surface area contributed by atoms with Gasteiger partial charge >= 0.3 is 0 Å². The first-order valence-electron chi connectivity index (χ1n) is 10.3. The molecule has 2 aliphatic rings. The Morgan fingerprint density at radius 3 is 3.00 bits per heavy atom. The number of benzene rings is 1. The molecule has 1 aliphatic carbocycles. The van der Waals surface area contributed by atoms with Crippen molar-refractivity contribution in [3.05, 3.63) is 66.2 Å². The van der Waals surface area contributed by atoms with Crippen LogP contribution in [0.1, 0.15) is 23.2 Å². The number of amides is 1. The molecule has 30 heavy (non-hydrogen) atoms. The number of nitrogens with zero attached hydrogens (tertiary/aromatic N) is 4. The molecule has 2 heterocycles. The van der Waals surface area contributed by atoms with E-state index in [0.29, 0.717) is 24.5 Å². The van der Waals surface area contributed by atoms with Gasteiger partial charge in [0.2, 0.25) is 0 Å². The Kier molecular flexibility index (Phi) is 6.09. The number of hydrogen-bond acceptors (Lipinski definition) is 6. The van der Waals surface area contributed by atoms with Gasteiger partial charge in [0.05, 0.1) is 0 Å². The maximum absolute atomic E-state index is 13.2. The summed E-state index contributed by atoms with van der Waals surface area (Å²) in [7, 11) is 3.89. The predicted molar refractivity (Wildman–Crippen MR) is 118 cm³/mol. The van der Waals surface area contributed by atoms with Gasteiger partial charge in [-0.05, 0) is 37.7 Å². The summed E-state index contributed by atoms with van der Waals surface area (Å²) in [6, 6.07) is 7.77. The lowest BCUT2D eigenvalue weighted by atomic mass is 10.1. The van der Waals surface area contributed by atoms with E-state index in [9.17, 15) is 4.79 Å². The van der Waals surface area contributed by atoms with Crippen LogP contribution in [-0.4, -0.2) is 55.7 Å².